The van der Waals surface area contributed by atoms with Crippen molar-refractivity contribution < 1.29 is 24.3 Å². The lowest BCUT2D eigenvalue weighted by molar-refractivity contribution is -0.194. The number of carbonyl (C=O) groups is 1. The molecule has 0 aliphatic heterocycles. The third-order valence-electron chi connectivity index (χ3n) is 2.03. The minimum absolute atomic E-state index is 0.243. The molecule has 1 aromatic rings. The first-order chi connectivity index (χ1) is 7.81. The molecule has 1 aromatic carbocycles. The van der Waals surface area contributed by atoms with Crippen LogP contribution in [-0.2, 0) is 22.1 Å². The minimum atomic E-state index is -4.47. The van der Waals surface area contributed by atoms with E-state index in [1.54, 1.807) is 6.07 Å². The Kier molecular flexibility index (Phi) is 4.42. The number of nitrogens with one attached hydrogen (secondary N) is 1. The molecule has 0 spiro atoms. The van der Waals surface area contributed by atoms with E-state index in [1.807, 2.05) is 0 Å². The molecule has 0 saturated carbocycles. The second-order valence-electron chi connectivity index (χ2n) is 3.63. The first-order valence-corrected chi connectivity index (χ1v) is 6.61. The summed E-state index contributed by atoms with van der Waals surface area (Å²) < 4.78 is 10.8. The summed E-state index contributed by atoms with van der Waals surface area (Å²) in [5.41, 5.74) is 1.05. The number of aliphatic hydroxyl groups is 1. The van der Waals surface area contributed by atoms with Crippen molar-refractivity contribution in [1.29, 1.82) is 0 Å². The Balaban J connectivity index is 3.11. The largest absolute Gasteiger partial charge is 0.778 e. The normalized spacial score (nSPS) is 14.1. The highest BCUT2D eigenvalue weighted by Gasteiger charge is 2.11. The van der Waals surface area contributed by atoms with E-state index in [4.69, 9.17) is 10.00 Å². The fourth-order valence-corrected chi connectivity index (χ4v) is 2.10. The lowest BCUT2D eigenvalue weighted by atomic mass is 10.1. The van der Waals surface area contributed by atoms with Gasteiger partial charge in [-0.1, -0.05) is 12.1 Å². The van der Waals surface area contributed by atoms with Crippen LogP contribution in [0.3, 0.4) is 0 Å². The SMILES string of the molecule is CC(=O)Nc1ccc(CO)cc1CP(=O)([O-])O. The third kappa shape index (κ3) is 4.66. The molecule has 0 aliphatic carbocycles. The topological polar surface area (TPSA) is 110 Å². The Morgan fingerprint density at radius 1 is 1.53 bits per heavy atom. The van der Waals surface area contributed by atoms with Crippen molar-refractivity contribution >= 4 is 19.2 Å². The second kappa shape index (κ2) is 5.42. The number of amides is 1. The van der Waals surface area contributed by atoms with Gasteiger partial charge in [-0.3, -0.25) is 4.79 Å². The van der Waals surface area contributed by atoms with Crippen molar-refractivity contribution in [1.82, 2.24) is 0 Å². The maximum Gasteiger partial charge on any atom is 0.221 e. The molecule has 0 aromatic heterocycles. The van der Waals surface area contributed by atoms with Gasteiger partial charge >= 0.3 is 0 Å². The predicted molar refractivity (Wildman–Crippen MR) is 60.2 cm³/mol. The van der Waals surface area contributed by atoms with E-state index in [1.165, 1.54) is 19.1 Å². The van der Waals surface area contributed by atoms with Crippen LogP contribution in [0.15, 0.2) is 18.2 Å². The molecule has 0 radical (unpaired) electrons. The molecule has 3 N–H and O–H groups in total. The third-order valence-corrected chi connectivity index (χ3v) is 2.77. The first kappa shape index (κ1) is 13.9. The van der Waals surface area contributed by atoms with E-state index in [2.05, 4.69) is 5.32 Å². The lowest BCUT2D eigenvalue weighted by Gasteiger charge is -2.18. The van der Waals surface area contributed by atoms with Gasteiger partial charge in [0.15, 0.2) is 0 Å². The smallest absolute Gasteiger partial charge is 0.221 e. The van der Waals surface area contributed by atoms with Crippen molar-refractivity contribution in [2.24, 2.45) is 0 Å². The Morgan fingerprint density at radius 3 is 2.65 bits per heavy atom. The molecule has 1 rings (SSSR count). The molecule has 1 atom stereocenters. The van der Waals surface area contributed by atoms with Crippen LogP contribution >= 0.6 is 7.60 Å². The summed E-state index contributed by atoms with van der Waals surface area (Å²) in [6, 6.07) is 4.46. The Morgan fingerprint density at radius 2 is 2.18 bits per heavy atom. The van der Waals surface area contributed by atoms with E-state index < -0.39 is 13.8 Å². The predicted octanol–water partition coefficient (Wildman–Crippen LogP) is 0.183. The average Bonchev–Trinajstić information content (AvgIpc) is 2.17. The van der Waals surface area contributed by atoms with Crippen LogP contribution < -0.4 is 10.2 Å². The minimum Gasteiger partial charge on any atom is -0.778 e. The lowest BCUT2D eigenvalue weighted by Crippen LogP contribution is -2.10. The maximum absolute atomic E-state index is 10.9. The van der Waals surface area contributed by atoms with Crippen molar-refractivity contribution in [3.05, 3.63) is 29.3 Å². The highest BCUT2D eigenvalue weighted by atomic mass is 31.2. The molecule has 0 saturated heterocycles. The van der Waals surface area contributed by atoms with Gasteiger partial charge in [-0.05, 0) is 17.2 Å². The Labute approximate surface area is 98.4 Å². The average molecular weight is 258 g/mol. The molecule has 0 aliphatic rings. The second-order valence-corrected chi connectivity index (χ2v) is 5.22. The number of carbonyl (C=O) groups excluding carboxylic acids is 1. The number of aliphatic hydroxyl groups excluding tert-OH is 1. The summed E-state index contributed by atoms with van der Waals surface area (Å²) in [6.45, 7) is 1.04. The molecule has 0 bridgehead atoms. The molecule has 1 amide bonds. The van der Waals surface area contributed by atoms with Crippen LogP contribution in [-0.4, -0.2) is 15.9 Å². The van der Waals surface area contributed by atoms with Gasteiger partial charge in [0.05, 0.1) is 6.61 Å². The number of anilines is 1. The number of rotatable bonds is 4. The summed E-state index contributed by atoms with van der Waals surface area (Å²) in [4.78, 5) is 30.6. The quantitative estimate of drug-likeness (QED) is 0.667. The van der Waals surface area contributed by atoms with E-state index in [9.17, 15) is 14.3 Å². The number of benzene rings is 1. The monoisotopic (exact) mass is 258 g/mol. The van der Waals surface area contributed by atoms with Crippen LogP contribution in [0.2, 0.25) is 0 Å². The van der Waals surface area contributed by atoms with Crippen LogP contribution in [0.1, 0.15) is 18.1 Å². The summed E-state index contributed by atoms with van der Waals surface area (Å²) in [5, 5.41) is 11.4. The molecule has 7 heteroatoms. The highest BCUT2D eigenvalue weighted by Crippen LogP contribution is 2.37. The van der Waals surface area contributed by atoms with Crippen molar-refractivity contribution in [3.8, 4) is 0 Å². The van der Waals surface area contributed by atoms with Crippen LogP contribution in [0, 0.1) is 0 Å². The zero-order valence-corrected chi connectivity index (χ0v) is 10.1. The molecule has 6 nitrogen and oxygen atoms in total. The van der Waals surface area contributed by atoms with Gasteiger partial charge in [-0.15, -0.1) is 0 Å². The van der Waals surface area contributed by atoms with E-state index in [0.717, 1.165) is 0 Å². The molecule has 0 fully saturated rings. The zero-order chi connectivity index (χ0) is 13.1. The first-order valence-electron chi connectivity index (χ1n) is 4.85. The van der Waals surface area contributed by atoms with Crippen molar-refractivity contribution in [2.45, 2.75) is 19.7 Å². The fourth-order valence-electron chi connectivity index (χ4n) is 1.40. The summed E-state index contributed by atoms with van der Waals surface area (Å²) in [6.07, 6.45) is -0.587. The molecule has 94 valence electrons. The van der Waals surface area contributed by atoms with Crippen LogP contribution in [0.5, 0.6) is 0 Å². The van der Waals surface area contributed by atoms with Gasteiger partial charge < -0.3 is 24.8 Å². The molecule has 1 unspecified atom stereocenters. The van der Waals surface area contributed by atoms with Gasteiger partial charge in [-0.25, -0.2) is 0 Å². The summed E-state index contributed by atoms with van der Waals surface area (Å²) in [7, 11) is -4.47. The van der Waals surface area contributed by atoms with Crippen LogP contribution in [0.25, 0.3) is 0 Å². The standard InChI is InChI=1S/C10H14NO5P/c1-7(13)11-10-3-2-8(5-12)4-9(10)6-17(14,15)16/h2-4,12H,5-6H2,1H3,(H,11,13)(H2,14,15,16)/p-1. The number of hydrogen-bond acceptors (Lipinski definition) is 4. The Bertz CT molecular complexity index is 468. The zero-order valence-electron chi connectivity index (χ0n) is 9.21. The van der Waals surface area contributed by atoms with Gasteiger partial charge in [0, 0.05) is 18.8 Å². The van der Waals surface area contributed by atoms with Crippen molar-refractivity contribution in [3.63, 3.8) is 0 Å². The summed E-state index contributed by atoms with van der Waals surface area (Å²) in [5.74, 6) is -0.346. The summed E-state index contributed by atoms with van der Waals surface area (Å²) >= 11 is 0. The van der Waals surface area contributed by atoms with E-state index in [0.29, 0.717) is 11.3 Å². The van der Waals surface area contributed by atoms with E-state index >= 15 is 0 Å². The number of hydrogen-bond donors (Lipinski definition) is 3. The molecule has 0 heterocycles. The highest BCUT2D eigenvalue weighted by molar-refractivity contribution is 7.49. The molecular weight excluding hydrogens is 245 g/mol. The fraction of sp³-hybridized carbons (Fsp3) is 0.300. The molecular formula is C10H13NO5P-. The molecule has 17 heavy (non-hydrogen) atoms. The van der Waals surface area contributed by atoms with Gasteiger partial charge in [-0.2, -0.15) is 0 Å². The van der Waals surface area contributed by atoms with E-state index in [-0.39, 0.29) is 18.1 Å². The maximum atomic E-state index is 10.9. The van der Waals surface area contributed by atoms with Gasteiger partial charge in [0.1, 0.15) is 7.60 Å². The van der Waals surface area contributed by atoms with Gasteiger partial charge in [0.2, 0.25) is 5.91 Å². The van der Waals surface area contributed by atoms with Crippen LogP contribution in [0.4, 0.5) is 5.69 Å². The Hall–Kier alpha value is -1.20. The van der Waals surface area contributed by atoms with Gasteiger partial charge in [0.25, 0.3) is 0 Å². The van der Waals surface area contributed by atoms with Crippen molar-refractivity contribution in [2.75, 3.05) is 5.32 Å².